The van der Waals surface area contributed by atoms with Gasteiger partial charge in [0.2, 0.25) is 17.7 Å². The van der Waals surface area contributed by atoms with E-state index < -0.39 is 83.3 Å². The Bertz CT molecular complexity index is 5940. The molecule has 9 aromatic rings. The molecule has 14 rings (SSSR count). The number of carbonyl (C=O) groups is 10. The summed E-state index contributed by atoms with van der Waals surface area (Å²) < 4.78 is 5.51. The van der Waals surface area contributed by atoms with E-state index in [1.54, 1.807) is 24.5 Å². The SMILES string of the molecule is CCC1CCC(C2CC=C(c3cnc(-c4ccc(C[C@H](NC(=O)c5ccc(C(C)(C)C)s5)C(=O)N[C@H](C)C(=O)O)cc4)nc3)CC2)CC1.CCCC1CCC(C2CCC(c3cnc(-c4ccc(C[C@H](CC(=O)c5ccc(C(C)(C)C)s5)C(=O)N[C@H](C)C(=O)O)cc4)nc3)CC2)CC1.C[C@@H](NC(=O)[C@H](Cc1ccc(-c2ncc(C3=CCCC(CC(=O)OC(C)(C)C)C3)cn2)cc1)NC(=O)c1ccc(C(C)(C)C)s1)C(=O)O. The first-order valence-corrected chi connectivity index (χ1v) is 54.6. The van der Waals surface area contributed by atoms with Crippen LogP contribution in [0.3, 0.4) is 0 Å². The van der Waals surface area contributed by atoms with Gasteiger partial charge in [-0.3, -0.25) is 47.9 Å². The van der Waals surface area contributed by atoms with Crippen LogP contribution >= 0.6 is 34.0 Å². The maximum atomic E-state index is 13.3. The predicted octanol–water partition coefficient (Wildman–Crippen LogP) is 23.6. The van der Waals surface area contributed by atoms with E-state index in [0.717, 1.165) is 132 Å². The minimum absolute atomic E-state index is 0.00339. The van der Waals surface area contributed by atoms with Crippen molar-refractivity contribution in [1.82, 2.24) is 56.5 Å². The predicted molar refractivity (Wildman–Crippen MR) is 575 cm³/mol. The number of rotatable bonds is 35. The molecule has 28 heteroatoms. The molecule has 8 atom stereocenters. The third kappa shape index (κ3) is 32.9. The number of nitrogens with zero attached hydrogens (tertiary/aromatic N) is 6. The van der Waals surface area contributed by atoms with Crippen LogP contribution in [0.25, 0.3) is 45.3 Å². The van der Waals surface area contributed by atoms with Gasteiger partial charge in [0.05, 0.1) is 14.6 Å². The average Bonchev–Trinajstić information content (AvgIpc) is 1.82. The molecule has 2 unspecified atom stereocenters. The highest BCUT2D eigenvalue weighted by atomic mass is 32.1. The van der Waals surface area contributed by atoms with Crippen molar-refractivity contribution in [3.05, 3.63) is 221 Å². The summed E-state index contributed by atoms with van der Waals surface area (Å²) in [5.41, 5.74) is 9.89. The zero-order chi connectivity index (χ0) is 105. The Morgan fingerprint density at radius 2 is 0.786 bits per heavy atom. The molecule has 3 fully saturated rings. The molecule has 5 amide bonds. The fourth-order valence-corrected chi connectivity index (χ4v) is 23.2. The van der Waals surface area contributed by atoms with Gasteiger partial charge in [-0.25, -0.2) is 29.9 Å². The van der Waals surface area contributed by atoms with Crippen LogP contribution in [-0.4, -0.2) is 140 Å². The number of benzene rings is 3. The quantitative estimate of drug-likeness (QED) is 0.0135. The molecule has 8 N–H and O–H groups in total. The molecule has 0 spiro atoms. The zero-order valence-electron chi connectivity index (χ0n) is 87.7. The van der Waals surface area contributed by atoms with Gasteiger partial charge >= 0.3 is 23.9 Å². The first kappa shape index (κ1) is 112. The lowest BCUT2D eigenvalue weighted by atomic mass is 9.68. The number of hydrogen-bond donors (Lipinski definition) is 8. The normalized spacial score (nSPS) is 20.0. The molecule has 145 heavy (non-hydrogen) atoms. The first-order valence-electron chi connectivity index (χ1n) is 52.2. The number of aliphatic carboxylic acids is 3. The van der Waals surface area contributed by atoms with Crippen molar-refractivity contribution in [2.24, 2.45) is 47.3 Å². The zero-order valence-corrected chi connectivity index (χ0v) is 90.2. The smallest absolute Gasteiger partial charge is 0.325 e. The number of nitrogens with one attached hydrogen (secondary N) is 5. The standard InChI is InChI=1S/C41H55N3O4S.C39H50N4O4S.C37H46N4O6S/c1-6-7-27-8-12-29(13-9-27)30-16-18-31(19-17-30)34-24-42-38(43-25-34)32-14-10-28(11-15-32)22-33(39(46)44-26(2)40(47)48)23-35(45)36-20-21-37(49-36)41(3,4)5;1-6-25-7-11-27(12-8-25)28-15-17-29(18-16-28)31-22-40-35(41-23-31)30-13-9-26(10-14-30)21-32(36(44)42-24(2)38(46)47)43-37(45)33-19-20-34(48-33)39(3,4)5;1-22(35(45)46)40-33(43)28(41-34(44)29-15-16-30(48-29)36(2,3)4)18-23-11-13-25(14-12-23)32-38-20-27(21-39-32)26-10-8-9-24(17-26)19-31(42)47-37(5,6)7/h10-11,14-15,20-21,24-27,29-31,33H,6-9,12-13,16-19,22-23H2,1-5H3,(H,44,46)(H,47,48);9-10,13-14,17,19-20,22-25,27-28,32H,6-8,11-12,15-16,18,21H2,1-5H3,(H,42,44)(H,43,45)(H,46,47);10-16,20-22,24,28H,8-9,17-19H2,1-7H3,(H,40,43)(H,41,44)(H,45,46)/t26-,27?,29?,30?,31?,33-;24-,25?,27?,28?,32+;22-,24?,28+/m111/s1. The third-order valence-electron chi connectivity index (χ3n) is 29.1. The summed E-state index contributed by atoms with van der Waals surface area (Å²) in [6.45, 7) is 33.2. The number of allylic oxidation sites excluding steroid dienone is 4. The number of esters is 1. The van der Waals surface area contributed by atoms with Crippen molar-refractivity contribution < 1.29 is 68.0 Å². The Morgan fingerprint density at radius 3 is 1.18 bits per heavy atom. The van der Waals surface area contributed by atoms with Crippen LogP contribution < -0.4 is 26.6 Å². The Labute approximate surface area is 868 Å². The lowest BCUT2D eigenvalue weighted by Crippen LogP contribution is -2.51. The number of aromatic nitrogens is 6. The molecule has 3 aromatic carbocycles. The number of carboxylic acids is 3. The minimum Gasteiger partial charge on any atom is -0.480 e. The highest BCUT2D eigenvalue weighted by Gasteiger charge is 2.37. The lowest BCUT2D eigenvalue weighted by molar-refractivity contribution is -0.156. The van der Waals surface area contributed by atoms with E-state index in [4.69, 9.17) is 14.7 Å². The molecule has 0 radical (unpaired) electrons. The van der Waals surface area contributed by atoms with E-state index in [2.05, 4.69) is 135 Å². The fourth-order valence-electron chi connectivity index (χ4n) is 20.2. The monoisotopic (exact) mass is 2030 g/mol. The Kier molecular flexibility index (Phi) is 39.5. The molecular weight excluding hydrogens is 1880 g/mol. The van der Waals surface area contributed by atoms with Gasteiger partial charge in [-0.1, -0.05) is 206 Å². The van der Waals surface area contributed by atoms with Gasteiger partial charge in [0.1, 0.15) is 35.8 Å². The second-order valence-electron chi connectivity index (χ2n) is 44.8. The van der Waals surface area contributed by atoms with Gasteiger partial charge in [0.25, 0.3) is 11.8 Å². The number of carbonyl (C=O) groups excluding carboxylic acids is 7. The van der Waals surface area contributed by atoms with Crippen molar-refractivity contribution >= 4 is 104 Å². The molecule has 6 aromatic heterocycles. The molecule has 3 saturated carbocycles. The summed E-state index contributed by atoms with van der Waals surface area (Å²) in [5, 5.41) is 41.2. The van der Waals surface area contributed by atoms with Gasteiger partial charge in [-0.2, -0.15) is 0 Å². The Balaban J connectivity index is 0.000000194. The van der Waals surface area contributed by atoms with Crippen LogP contribution in [0.4, 0.5) is 0 Å². The summed E-state index contributed by atoms with van der Waals surface area (Å²) in [4.78, 5) is 159. The summed E-state index contributed by atoms with van der Waals surface area (Å²) in [6.07, 6.45) is 43.6. The number of Topliss-reactive ketones (excluding diaryl/α,β-unsaturated/α-hetero) is 1. The molecule has 25 nitrogen and oxygen atoms in total. The molecule has 776 valence electrons. The van der Waals surface area contributed by atoms with Gasteiger partial charge in [-0.15, -0.1) is 34.0 Å². The van der Waals surface area contributed by atoms with Crippen LogP contribution in [-0.2, 0) is 73.8 Å². The summed E-state index contributed by atoms with van der Waals surface area (Å²) >= 11 is 4.21. The molecule has 6 heterocycles. The average molecular weight is 2030 g/mol. The lowest BCUT2D eigenvalue weighted by Gasteiger charge is -2.38. The van der Waals surface area contributed by atoms with Crippen LogP contribution in [0.15, 0.2) is 159 Å². The van der Waals surface area contributed by atoms with Crippen molar-refractivity contribution in [3.8, 4) is 34.2 Å². The van der Waals surface area contributed by atoms with Crippen LogP contribution in [0.2, 0.25) is 0 Å². The van der Waals surface area contributed by atoms with Crippen LogP contribution in [0.1, 0.15) is 348 Å². The van der Waals surface area contributed by atoms with Crippen LogP contribution in [0.5, 0.6) is 0 Å². The largest absolute Gasteiger partial charge is 0.480 e. The fraction of sp³-hybridized carbons (Fsp3) is 0.521. The first-order chi connectivity index (χ1) is 68.8. The van der Waals surface area contributed by atoms with E-state index in [9.17, 15) is 63.3 Å². The van der Waals surface area contributed by atoms with Crippen LogP contribution in [0, 0.1) is 47.3 Å². The summed E-state index contributed by atoms with van der Waals surface area (Å²) in [5.74, 6) is 1.21. The second kappa shape index (κ2) is 51.1. The maximum Gasteiger partial charge on any atom is 0.325 e. The molecule has 5 aliphatic rings. The minimum atomic E-state index is -1.17. The van der Waals surface area contributed by atoms with Crippen molar-refractivity contribution in [1.29, 1.82) is 0 Å². The van der Waals surface area contributed by atoms with Crippen molar-refractivity contribution in [2.75, 3.05) is 0 Å². The highest BCUT2D eigenvalue weighted by molar-refractivity contribution is 7.15. The van der Waals surface area contributed by atoms with E-state index in [-0.39, 0.29) is 59.1 Å². The number of hydrogen-bond acceptors (Lipinski definition) is 20. The number of amides is 5. The Hall–Kier alpha value is -11.6. The number of thiophene rings is 3. The van der Waals surface area contributed by atoms with Crippen molar-refractivity contribution in [2.45, 2.75) is 343 Å². The maximum absolute atomic E-state index is 13.3. The third-order valence-corrected chi connectivity index (χ3v) is 33.7. The van der Waals surface area contributed by atoms with E-state index >= 15 is 0 Å². The molecule has 0 saturated heterocycles. The Morgan fingerprint density at radius 1 is 0.400 bits per heavy atom. The molecule has 0 aliphatic heterocycles. The van der Waals surface area contributed by atoms with E-state index in [1.165, 1.54) is 169 Å². The highest BCUT2D eigenvalue weighted by Crippen LogP contribution is 2.47. The molecule has 5 aliphatic carbocycles. The van der Waals surface area contributed by atoms with Gasteiger partial charge in [0.15, 0.2) is 23.3 Å². The van der Waals surface area contributed by atoms with Gasteiger partial charge in [-0.05, 0) is 271 Å². The van der Waals surface area contributed by atoms with E-state index in [0.29, 0.717) is 50.9 Å². The number of carboxylic acid groups (broad SMARTS) is 3. The van der Waals surface area contributed by atoms with Gasteiger partial charge in [0, 0.05) is 111 Å². The van der Waals surface area contributed by atoms with E-state index in [1.807, 2.05) is 143 Å². The summed E-state index contributed by atoms with van der Waals surface area (Å²) in [7, 11) is 0. The number of ketones is 1. The number of ether oxygens (including phenoxy) is 1. The summed E-state index contributed by atoms with van der Waals surface area (Å²) in [6, 6.07) is 28.7. The molecule has 0 bridgehead atoms. The topological polar surface area (TPSA) is 378 Å². The van der Waals surface area contributed by atoms with Crippen molar-refractivity contribution in [3.63, 3.8) is 0 Å². The van der Waals surface area contributed by atoms with Gasteiger partial charge < -0.3 is 46.6 Å². The molecular formula is C117H151N11O14S3. The second-order valence-corrected chi connectivity index (χ2v) is 48.0.